The molecule has 0 bridgehead atoms. The average molecular weight is 471 g/mol. The van der Waals surface area contributed by atoms with E-state index in [0.717, 1.165) is 39.5 Å². The van der Waals surface area contributed by atoms with E-state index in [4.69, 9.17) is 11.1 Å². The van der Waals surface area contributed by atoms with E-state index in [1.54, 1.807) is 12.3 Å². The second kappa shape index (κ2) is 9.21. The number of nitrogens with zero attached hydrogens (tertiary/aromatic N) is 2. The van der Waals surface area contributed by atoms with Crippen LogP contribution in [-0.2, 0) is 6.54 Å². The van der Waals surface area contributed by atoms with Gasteiger partial charge in [0, 0.05) is 75.7 Å². The molecule has 0 atom stereocenters. The minimum absolute atomic E-state index is 0.120. The number of aromatic amines is 1. The normalized spacial score (nSPS) is 11.3. The first-order valence-corrected chi connectivity index (χ1v) is 11.5. The van der Waals surface area contributed by atoms with Crippen molar-refractivity contribution in [3.8, 4) is 11.3 Å². The van der Waals surface area contributed by atoms with Crippen LogP contribution in [0.25, 0.3) is 22.2 Å². The number of hydrogen-bond acceptors (Lipinski definition) is 5. The van der Waals surface area contributed by atoms with Crippen LogP contribution in [0.1, 0.15) is 58.2 Å². The van der Waals surface area contributed by atoms with Gasteiger partial charge in [0.1, 0.15) is 0 Å². The number of hydrogen-bond donors (Lipinski definition) is 4. The van der Waals surface area contributed by atoms with Crippen LogP contribution >= 0.6 is 0 Å². The monoisotopic (exact) mass is 470 g/mol. The Hall–Kier alpha value is -4.20. The van der Waals surface area contributed by atoms with Crippen molar-refractivity contribution < 1.29 is 4.79 Å². The molecule has 5 N–H and O–H groups in total. The number of pyridine rings is 2. The van der Waals surface area contributed by atoms with Gasteiger partial charge in [0.25, 0.3) is 11.5 Å². The smallest absolute Gasteiger partial charge is 0.253 e. The van der Waals surface area contributed by atoms with Crippen molar-refractivity contribution in [1.82, 2.24) is 19.9 Å². The Morgan fingerprint density at radius 2 is 1.94 bits per heavy atom. The van der Waals surface area contributed by atoms with Crippen LogP contribution < -0.4 is 16.6 Å². The first-order valence-electron chi connectivity index (χ1n) is 11.5. The number of aryl methyl sites for hydroxylation is 3. The number of nitrogens with one attached hydrogen (secondary N) is 3. The molecule has 4 rings (SSSR count). The van der Waals surface area contributed by atoms with Crippen molar-refractivity contribution in [1.29, 1.82) is 5.41 Å². The van der Waals surface area contributed by atoms with E-state index in [1.807, 2.05) is 45.2 Å². The molecule has 0 unspecified atom stereocenters. The fourth-order valence-electron chi connectivity index (χ4n) is 4.47. The second-order valence-electron chi connectivity index (χ2n) is 9.20. The molecule has 0 radical (unpaired) electrons. The molecular weight excluding hydrogens is 440 g/mol. The topological polar surface area (TPSA) is 130 Å². The Morgan fingerprint density at radius 1 is 1.20 bits per heavy atom. The molecule has 4 aromatic rings. The van der Waals surface area contributed by atoms with E-state index in [-0.39, 0.29) is 24.1 Å². The van der Waals surface area contributed by atoms with Gasteiger partial charge in [-0.3, -0.25) is 14.6 Å². The lowest BCUT2D eigenvalue weighted by Crippen LogP contribution is -2.28. The van der Waals surface area contributed by atoms with Crippen molar-refractivity contribution in [3.63, 3.8) is 0 Å². The van der Waals surface area contributed by atoms with E-state index < -0.39 is 0 Å². The Balaban J connectivity index is 1.83. The van der Waals surface area contributed by atoms with E-state index in [0.29, 0.717) is 28.1 Å². The van der Waals surface area contributed by atoms with E-state index >= 15 is 0 Å². The summed E-state index contributed by atoms with van der Waals surface area (Å²) in [7, 11) is 0. The highest BCUT2D eigenvalue weighted by Crippen LogP contribution is 2.33. The van der Waals surface area contributed by atoms with E-state index in [2.05, 4.69) is 33.7 Å². The number of H-pyrrole nitrogens is 1. The Labute approximate surface area is 203 Å². The third kappa shape index (κ3) is 4.47. The summed E-state index contributed by atoms with van der Waals surface area (Å²) in [5, 5.41) is 11.3. The largest absolute Gasteiger partial charge is 0.398 e. The zero-order valence-corrected chi connectivity index (χ0v) is 20.6. The lowest BCUT2D eigenvalue weighted by atomic mass is 9.99. The number of nitrogen functional groups attached to an aromatic ring is 1. The molecule has 180 valence electrons. The molecule has 0 aliphatic rings. The van der Waals surface area contributed by atoms with Gasteiger partial charge < -0.3 is 26.0 Å². The summed E-state index contributed by atoms with van der Waals surface area (Å²) in [4.78, 5) is 33.2. The molecule has 0 aliphatic heterocycles. The number of amides is 1. The van der Waals surface area contributed by atoms with E-state index in [1.165, 1.54) is 0 Å². The van der Waals surface area contributed by atoms with Crippen molar-refractivity contribution in [2.45, 2.75) is 47.2 Å². The van der Waals surface area contributed by atoms with Gasteiger partial charge in [-0.1, -0.05) is 0 Å². The van der Waals surface area contributed by atoms with Gasteiger partial charge in [0.2, 0.25) is 0 Å². The van der Waals surface area contributed by atoms with Gasteiger partial charge in [-0.15, -0.1) is 0 Å². The van der Waals surface area contributed by atoms with Crippen molar-refractivity contribution in [2.24, 2.45) is 0 Å². The third-order valence-corrected chi connectivity index (χ3v) is 6.26. The minimum atomic E-state index is -0.273. The summed E-state index contributed by atoms with van der Waals surface area (Å²) in [5.41, 5.74) is 12.8. The quantitative estimate of drug-likeness (QED) is 0.311. The summed E-state index contributed by atoms with van der Waals surface area (Å²) >= 11 is 0. The first-order chi connectivity index (χ1) is 16.6. The molecule has 8 nitrogen and oxygen atoms in total. The van der Waals surface area contributed by atoms with Crippen LogP contribution in [0.15, 0.2) is 41.5 Å². The third-order valence-electron chi connectivity index (χ3n) is 6.26. The number of aromatic nitrogens is 3. The van der Waals surface area contributed by atoms with Gasteiger partial charge in [-0.05, 0) is 70.0 Å². The Kier molecular flexibility index (Phi) is 6.30. The summed E-state index contributed by atoms with van der Waals surface area (Å²) < 4.78 is 2.13. The van der Waals surface area contributed by atoms with Gasteiger partial charge in [-0.2, -0.15) is 0 Å². The Bertz CT molecular complexity index is 1530. The number of benzene rings is 1. The standard InChI is InChI=1S/C27H30N6O2/c1-14(2)33-13-16(4)25-20(26(34)31-12-21-15(3)6-17(5)32-27(21)35)7-18(8-24(25)33)23-9-22(29)19(10-28)11-30-23/h6-11,13-14,28H,12H2,1-5H3,(H2,29,30)(H,31,34)(H,32,35). The summed E-state index contributed by atoms with van der Waals surface area (Å²) in [5.74, 6) is -0.273. The molecule has 0 saturated heterocycles. The Morgan fingerprint density at radius 3 is 2.57 bits per heavy atom. The number of carbonyl (C=O) groups excluding carboxylic acids is 1. The maximum Gasteiger partial charge on any atom is 0.253 e. The molecular formula is C27H30N6O2. The van der Waals surface area contributed by atoms with Crippen LogP contribution in [0.5, 0.6) is 0 Å². The number of fused-ring (bicyclic) bond motifs is 1. The maximum absolute atomic E-state index is 13.5. The number of rotatable bonds is 6. The summed E-state index contributed by atoms with van der Waals surface area (Å²) in [6.07, 6.45) is 4.77. The van der Waals surface area contributed by atoms with Gasteiger partial charge in [-0.25, -0.2) is 0 Å². The van der Waals surface area contributed by atoms with Gasteiger partial charge in [0.05, 0.1) is 5.69 Å². The lowest BCUT2D eigenvalue weighted by molar-refractivity contribution is 0.0952. The van der Waals surface area contributed by atoms with Crippen LogP contribution in [0, 0.1) is 26.2 Å². The number of anilines is 1. The zero-order valence-electron chi connectivity index (χ0n) is 20.6. The van der Waals surface area contributed by atoms with E-state index in [9.17, 15) is 9.59 Å². The lowest BCUT2D eigenvalue weighted by Gasteiger charge is -2.14. The summed E-state index contributed by atoms with van der Waals surface area (Å²) in [6, 6.07) is 7.62. The predicted molar refractivity (Wildman–Crippen MR) is 140 cm³/mol. The fourth-order valence-corrected chi connectivity index (χ4v) is 4.47. The van der Waals surface area contributed by atoms with Crippen LogP contribution in [-0.4, -0.2) is 26.7 Å². The van der Waals surface area contributed by atoms with Crippen molar-refractivity contribution in [2.75, 3.05) is 5.73 Å². The molecule has 0 aliphatic carbocycles. The fraction of sp³-hybridized carbons (Fsp3) is 0.259. The van der Waals surface area contributed by atoms with Gasteiger partial charge in [0.15, 0.2) is 0 Å². The summed E-state index contributed by atoms with van der Waals surface area (Å²) in [6.45, 7) is 9.98. The highest BCUT2D eigenvalue weighted by molar-refractivity contribution is 6.09. The highest BCUT2D eigenvalue weighted by Gasteiger charge is 2.20. The molecule has 3 aromatic heterocycles. The molecule has 1 aromatic carbocycles. The van der Waals surface area contributed by atoms with Gasteiger partial charge >= 0.3 is 0 Å². The van der Waals surface area contributed by atoms with Crippen LogP contribution in [0.4, 0.5) is 5.69 Å². The van der Waals surface area contributed by atoms with Crippen LogP contribution in [0.2, 0.25) is 0 Å². The first kappa shape index (κ1) is 23.9. The molecule has 0 fully saturated rings. The van der Waals surface area contributed by atoms with Crippen molar-refractivity contribution in [3.05, 3.63) is 80.5 Å². The predicted octanol–water partition coefficient (Wildman–Crippen LogP) is 4.41. The SMILES string of the molecule is Cc1cc(C)c(CNC(=O)c2cc(-c3cc(N)c(C=N)cn3)cc3c2c(C)cn3C(C)C)c(=O)[nH]1. The maximum atomic E-state index is 13.5. The molecule has 1 amide bonds. The molecule has 0 saturated carbocycles. The average Bonchev–Trinajstić information content (AvgIpc) is 3.14. The highest BCUT2D eigenvalue weighted by atomic mass is 16.1. The molecule has 8 heteroatoms. The molecule has 35 heavy (non-hydrogen) atoms. The number of carbonyl (C=O) groups is 1. The number of nitrogens with two attached hydrogens (primary N) is 1. The minimum Gasteiger partial charge on any atom is -0.398 e. The molecule has 0 spiro atoms. The zero-order chi connectivity index (χ0) is 25.4. The van der Waals surface area contributed by atoms with Crippen molar-refractivity contribution >= 4 is 28.7 Å². The van der Waals surface area contributed by atoms with Crippen LogP contribution in [0.3, 0.4) is 0 Å². The second-order valence-corrected chi connectivity index (χ2v) is 9.20. The molecule has 3 heterocycles.